The lowest BCUT2D eigenvalue weighted by Gasteiger charge is -2.23. The van der Waals surface area contributed by atoms with E-state index in [1.54, 1.807) is 27.7 Å². The number of ketones is 1. The third-order valence-electron chi connectivity index (χ3n) is 2.67. The molecule has 0 spiro atoms. The zero-order valence-electron chi connectivity index (χ0n) is 14.3. The minimum absolute atomic E-state index is 0.0949. The number of carbonyl (C=O) groups is 4. The molecule has 0 aliphatic heterocycles. The van der Waals surface area contributed by atoms with Crippen LogP contribution in [-0.2, 0) is 19.1 Å². The standard InChI is InChI=1S/C15H26N2O5S/c1-6-12(19)11(17-14(21)22-15(3,4)5)8-23-10(2)7-13(20)16-9-18/h9-11H,6-8H2,1-5H3,(H,17,21)(H,16,18,20)/t10?,11-/m0/s1. The minimum atomic E-state index is -0.670. The van der Waals surface area contributed by atoms with E-state index in [0.29, 0.717) is 18.6 Å². The number of nitrogens with one attached hydrogen (secondary N) is 2. The maximum Gasteiger partial charge on any atom is 0.408 e. The first-order chi connectivity index (χ1) is 10.6. The highest BCUT2D eigenvalue weighted by Crippen LogP contribution is 2.16. The molecule has 0 aliphatic carbocycles. The first kappa shape index (κ1) is 21.4. The van der Waals surface area contributed by atoms with Gasteiger partial charge in [0.2, 0.25) is 12.3 Å². The Morgan fingerprint density at radius 1 is 1.26 bits per heavy atom. The number of carbonyl (C=O) groups excluding carboxylic acids is 4. The van der Waals surface area contributed by atoms with E-state index in [1.165, 1.54) is 11.8 Å². The number of imide groups is 1. The van der Waals surface area contributed by atoms with Gasteiger partial charge in [-0.25, -0.2) is 4.79 Å². The Morgan fingerprint density at radius 2 is 1.87 bits per heavy atom. The number of thioether (sulfide) groups is 1. The molecular formula is C15H26N2O5S. The molecule has 3 amide bonds. The lowest BCUT2D eigenvalue weighted by atomic mass is 10.2. The summed E-state index contributed by atoms with van der Waals surface area (Å²) in [6, 6.07) is -0.670. The molecule has 2 atom stereocenters. The Morgan fingerprint density at radius 3 is 2.35 bits per heavy atom. The Kier molecular flexibility index (Phi) is 9.55. The van der Waals surface area contributed by atoms with Crippen molar-refractivity contribution in [3.8, 4) is 0 Å². The number of alkyl carbamates (subject to hydrolysis) is 1. The van der Waals surface area contributed by atoms with Gasteiger partial charge in [-0.2, -0.15) is 11.8 Å². The molecule has 1 unspecified atom stereocenters. The Labute approximate surface area is 141 Å². The van der Waals surface area contributed by atoms with Gasteiger partial charge in [0.05, 0.1) is 6.04 Å². The van der Waals surface area contributed by atoms with Gasteiger partial charge in [0.25, 0.3) is 0 Å². The van der Waals surface area contributed by atoms with Gasteiger partial charge in [-0.05, 0) is 20.8 Å². The average molecular weight is 346 g/mol. The number of ether oxygens (including phenoxy) is 1. The molecule has 0 aliphatic rings. The molecule has 0 saturated carbocycles. The van der Waals surface area contributed by atoms with Crippen LogP contribution in [-0.4, -0.2) is 46.8 Å². The van der Waals surface area contributed by atoms with Gasteiger partial charge in [0.1, 0.15) is 5.60 Å². The van der Waals surface area contributed by atoms with E-state index in [4.69, 9.17) is 4.74 Å². The first-order valence-corrected chi connectivity index (χ1v) is 8.50. The molecule has 0 fully saturated rings. The number of rotatable bonds is 9. The molecule has 0 heterocycles. The molecule has 0 aromatic rings. The van der Waals surface area contributed by atoms with Crippen LogP contribution in [0.25, 0.3) is 0 Å². The number of hydrogen-bond acceptors (Lipinski definition) is 6. The normalized spacial score (nSPS) is 13.6. The molecule has 23 heavy (non-hydrogen) atoms. The van der Waals surface area contributed by atoms with Gasteiger partial charge in [-0.3, -0.25) is 19.7 Å². The fourth-order valence-electron chi connectivity index (χ4n) is 1.62. The van der Waals surface area contributed by atoms with E-state index < -0.39 is 17.7 Å². The predicted molar refractivity (Wildman–Crippen MR) is 89.2 cm³/mol. The van der Waals surface area contributed by atoms with Crippen molar-refractivity contribution >= 4 is 36.0 Å². The van der Waals surface area contributed by atoms with Gasteiger partial charge >= 0.3 is 6.09 Å². The molecule has 7 nitrogen and oxygen atoms in total. The van der Waals surface area contributed by atoms with Crippen LogP contribution in [0.15, 0.2) is 0 Å². The fraction of sp³-hybridized carbons (Fsp3) is 0.733. The van der Waals surface area contributed by atoms with Gasteiger partial charge in [0.15, 0.2) is 5.78 Å². The van der Waals surface area contributed by atoms with E-state index in [-0.39, 0.29) is 23.4 Å². The molecule has 132 valence electrons. The van der Waals surface area contributed by atoms with E-state index in [1.807, 2.05) is 6.92 Å². The monoisotopic (exact) mass is 346 g/mol. The molecule has 0 rings (SSSR count). The van der Waals surface area contributed by atoms with E-state index in [9.17, 15) is 19.2 Å². The molecule has 2 N–H and O–H groups in total. The quantitative estimate of drug-likeness (QED) is 0.616. The average Bonchev–Trinajstić information content (AvgIpc) is 2.40. The van der Waals surface area contributed by atoms with E-state index in [2.05, 4.69) is 10.6 Å². The van der Waals surface area contributed by atoms with Crippen molar-refractivity contribution in [3.63, 3.8) is 0 Å². The summed E-state index contributed by atoms with van der Waals surface area (Å²) in [5.41, 5.74) is -0.642. The van der Waals surface area contributed by atoms with Gasteiger partial charge in [-0.1, -0.05) is 13.8 Å². The van der Waals surface area contributed by atoms with Crippen molar-refractivity contribution in [2.45, 2.75) is 64.4 Å². The highest BCUT2D eigenvalue weighted by Gasteiger charge is 2.24. The van der Waals surface area contributed by atoms with Crippen LogP contribution in [0.5, 0.6) is 0 Å². The van der Waals surface area contributed by atoms with Crippen molar-refractivity contribution in [2.75, 3.05) is 5.75 Å². The SMILES string of the molecule is CCC(=O)[C@H](CSC(C)CC(=O)NC=O)NC(=O)OC(C)(C)C. The molecule has 0 bridgehead atoms. The van der Waals surface area contributed by atoms with Crippen LogP contribution in [0, 0.1) is 0 Å². The molecule has 0 saturated heterocycles. The third-order valence-corrected chi connectivity index (χ3v) is 3.93. The number of Topliss-reactive ketones (excluding diaryl/α,β-unsaturated/α-hetero) is 1. The molecule has 0 aromatic heterocycles. The molecular weight excluding hydrogens is 320 g/mol. The molecule has 8 heteroatoms. The smallest absolute Gasteiger partial charge is 0.408 e. The minimum Gasteiger partial charge on any atom is -0.444 e. The maximum absolute atomic E-state index is 11.9. The highest BCUT2D eigenvalue weighted by atomic mass is 32.2. The largest absolute Gasteiger partial charge is 0.444 e. The van der Waals surface area contributed by atoms with E-state index in [0.717, 1.165) is 0 Å². The second-order valence-electron chi connectivity index (χ2n) is 6.05. The topological polar surface area (TPSA) is 102 Å². The van der Waals surface area contributed by atoms with Gasteiger partial charge < -0.3 is 10.1 Å². The van der Waals surface area contributed by atoms with Crippen molar-refractivity contribution in [1.29, 1.82) is 0 Å². The van der Waals surface area contributed by atoms with E-state index >= 15 is 0 Å². The fourth-order valence-corrected chi connectivity index (χ4v) is 2.68. The number of hydrogen-bond donors (Lipinski definition) is 2. The van der Waals surface area contributed by atoms with Crippen molar-refractivity contribution in [2.24, 2.45) is 0 Å². The summed E-state index contributed by atoms with van der Waals surface area (Å²) in [7, 11) is 0. The van der Waals surface area contributed by atoms with Crippen LogP contribution in [0.1, 0.15) is 47.5 Å². The van der Waals surface area contributed by atoms with Crippen molar-refractivity contribution < 1.29 is 23.9 Å². The highest BCUT2D eigenvalue weighted by molar-refractivity contribution is 7.99. The Hall–Kier alpha value is -1.57. The second kappa shape index (κ2) is 10.3. The summed E-state index contributed by atoms with van der Waals surface area (Å²) in [5, 5.41) is 4.54. The Balaban J connectivity index is 4.51. The van der Waals surface area contributed by atoms with Crippen molar-refractivity contribution in [3.05, 3.63) is 0 Å². The summed E-state index contributed by atoms with van der Waals surface area (Å²) in [5.74, 6) is -0.145. The molecule has 0 radical (unpaired) electrons. The van der Waals surface area contributed by atoms with Gasteiger partial charge in [0, 0.05) is 23.8 Å². The Bertz CT molecular complexity index is 434. The lowest BCUT2D eigenvalue weighted by Crippen LogP contribution is -2.45. The van der Waals surface area contributed by atoms with Crippen LogP contribution in [0.3, 0.4) is 0 Å². The maximum atomic E-state index is 11.9. The van der Waals surface area contributed by atoms with Crippen LogP contribution in [0.4, 0.5) is 4.79 Å². The second-order valence-corrected chi connectivity index (χ2v) is 7.52. The molecule has 0 aromatic carbocycles. The third kappa shape index (κ3) is 10.7. The number of amides is 3. The summed E-state index contributed by atoms with van der Waals surface area (Å²) in [6.45, 7) is 8.76. The van der Waals surface area contributed by atoms with Crippen LogP contribution in [0.2, 0.25) is 0 Å². The summed E-state index contributed by atoms with van der Waals surface area (Å²) in [6.07, 6.45) is 0.146. The lowest BCUT2D eigenvalue weighted by molar-refractivity contribution is -0.125. The van der Waals surface area contributed by atoms with Crippen LogP contribution < -0.4 is 10.6 Å². The zero-order valence-corrected chi connectivity index (χ0v) is 15.1. The first-order valence-electron chi connectivity index (χ1n) is 7.45. The van der Waals surface area contributed by atoms with Gasteiger partial charge in [-0.15, -0.1) is 0 Å². The summed E-state index contributed by atoms with van der Waals surface area (Å²) >= 11 is 1.37. The predicted octanol–water partition coefficient (Wildman–Crippen LogP) is 1.64. The summed E-state index contributed by atoms with van der Waals surface area (Å²) in [4.78, 5) is 45.2. The summed E-state index contributed by atoms with van der Waals surface area (Å²) < 4.78 is 5.15. The van der Waals surface area contributed by atoms with Crippen LogP contribution >= 0.6 is 11.8 Å². The van der Waals surface area contributed by atoms with Crippen molar-refractivity contribution in [1.82, 2.24) is 10.6 Å². The zero-order chi connectivity index (χ0) is 18.0.